The van der Waals surface area contributed by atoms with Crippen molar-refractivity contribution < 1.29 is 23.8 Å². The van der Waals surface area contributed by atoms with E-state index in [1.54, 1.807) is 21.3 Å². The van der Waals surface area contributed by atoms with Crippen LogP contribution in [0, 0.1) is 13.8 Å². The molecule has 1 saturated heterocycles. The molecule has 168 valence electrons. The van der Waals surface area contributed by atoms with Crippen molar-refractivity contribution in [3.05, 3.63) is 40.2 Å². The first-order chi connectivity index (χ1) is 14.8. The number of carbonyl (C=O) groups is 2. The number of H-pyrrole nitrogens is 1. The number of ether oxygens (including phenoxy) is 3. The third-order valence-electron chi connectivity index (χ3n) is 5.84. The zero-order chi connectivity index (χ0) is 22.7. The molecule has 1 N–H and O–H groups in total. The van der Waals surface area contributed by atoms with E-state index >= 15 is 0 Å². The summed E-state index contributed by atoms with van der Waals surface area (Å²) in [6, 6.07) is 3.85. The Bertz CT molecular complexity index is 974. The summed E-state index contributed by atoms with van der Waals surface area (Å²) in [5.41, 5.74) is 3.60. The quantitative estimate of drug-likeness (QED) is 0.682. The summed E-state index contributed by atoms with van der Waals surface area (Å²) < 4.78 is 16.4. The van der Waals surface area contributed by atoms with Crippen molar-refractivity contribution in [2.45, 2.75) is 27.3 Å². The minimum absolute atomic E-state index is 0.0287. The highest BCUT2D eigenvalue weighted by molar-refractivity contribution is 6.02. The Hall–Kier alpha value is -3.00. The molecule has 2 aromatic rings. The van der Waals surface area contributed by atoms with Gasteiger partial charge in [-0.25, -0.2) is 0 Å². The first-order valence-corrected chi connectivity index (χ1v) is 10.3. The van der Waals surface area contributed by atoms with Crippen molar-refractivity contribution in [3.8, 4) is 17.2 Å². The molecule has 0 spiro atoms. The van der Waals surface area contributed by atoms with Gasteiger partial charge >= 0.3 is 0 Å². The summed E-state index contributed by atoms with van der Waals surface area (Å²) in [5.74, 6) is 1.78. The van der Waals surface area contributed by atoms with Crippen molar-refractivity contribution in [1.29, 1.82) is 0 Å². The molecule has 1 aliphatic heterocycles. The molecule has 1 aromatic carbocycles. The van der Waals surface area contributed by atoms with E-state index in [0.717, 1.165) is 29.9 Å². The van der Waals surface area contributed by atoms with Crippen LogP contribution >= 0.6 is 0 Å². The maximum atomic E-state index is 13.0. The second-order valence-corrected chi connectivity index (χ2v) is 7.74. The van der Waals surface area contributed by atoms with Crippen LogP contribution in [0.4, 0.5) is 0 Å². The molecule has 8 nitrogen and oxygen atoms in total. The highest BCUT2D eigenvalue weighted by atomic mass is 16.5. The SMILES string of the molecule is COc1ccc(CN2CCN(C(=O)c3[nH]c(C)c(C(C)=O)c3C)CC2)c(OC)c1OC. The first-order valence-electron chi connectivity index (χ1n) is 10.3. The number of aromatic amines is 1. The number of piperazine rings is 1. The molecule has 0 unspecified atom stereocenters. The van der Waals surface area contributed by atoms with Gasteiger partial charge in [-0.3, -0.25) is 14.5 Å². The number of amides is 1. The van der Waals surface area contributed by atoms with Gasteiger partial charge in [0.1, 0.15) is 5.69 Å². The summed E-state index contributed by atoms with van der Waals surface area (Å²) in [7, 11) is 4.81. The number of benzene rings is 1. The van der Waals surface area contributed by atoms with Gasteiger partial charge in [0, 0.05) is 49.5 Å². The molecule has 3 rings (SSSR count). The van der Waals surface area contributed by atoms with Crippen LogP contribution < -0.4 is 14.2 Å². The third kappa shape index (κ3) is 4.39. The topological polar surface area (TPSA) is 84.1 Å². The molecule has 8 heteroatoms. The van der Waals surface area contributed by atoms with E-state index in [1.807, 2.05) is 30.9 Å². The summed E-state index contributed by atoms with van der Waals surface area (Å²) in [6.07, 6.45) is 0. The molecule has 1 amide bonds. The van der Waals surface area contributed by atoms with E-state index in [9.17, 15) is 9.59 Å². The number of nitrogens with zero attached hydrogens (tertiary/aromatic N) is 2. The summed E-state index contributed by atoms with van der Waals surface area (Å²) in [5, 5.41) is 0. The van der Waals surface area contributed by atoms with Gasteiger partial charge in [-0.15, -0.1) is 0 Å². The van der Waals surface area contributed by atoms with E-state index in [4.69, 9.17) is 14.2 Å². The number of hydrogen-bond donors (Lipinski definition) is 1. The van der Waals surface area contributed by atoms with Crippen molar-refractivity contribution >= 4 is 11.7 Å². The number of methoxy groups -OCH3 is 3. The lowest BCUT2D eigenvalue weighted by Gasteiger charge is -2.35. The molecule has 0 bridgehead atoms. The second-order valence-electron chi connectivity index (χ2n) is 7.74. The lowest BCUT2D eigenvalue weighted by Crippen LogP contribution is -2.48. The number of ketones is 1. The van der Waals surface area contributed by atoms with Crippen molar-refractivity contribution in [2.75, 3.05) is 47.5 Å². The van der Waals surface area contributed by atoms with Gasteiger partial charge in [0.05, 0.1) is 21.3 Å². The summed E-state index contributed by atoms with van der Waals surface area (Å²) in [6.45, 7) is 8.56. The molecule has 31 heavy (non-hydrogen) atoms. The number of aryl methyl sites for hydroxylation is 1. The van der Waals surface area contributed by atoms with E-state index < -0.39 is 0 Å². The van der Waals surface area contributed by atoms with E-state index in [2.05, 4.69) is 9.88 Å². The molecule has 0 atom stereocenters. The smallest absolute Gasteiger partial charge is 0.270 e. The maximum absolute atomic E-state index is 13.0. The van der Waals surface area contributed by atoms with Crippen LogP contribution in [-0.2, 0) is 6.54 Å². The first kappa shape index (κ1) is 22.7. The van der Waals surface area contributed by atoms with Crippen LogP contribution in [-0.4, -0.2) is 74.0 Å². The Balaban J connectivity index is 1.69. The molecule has 0 saturated carbocycles. The van der Waals surface area contributed by atoms with Gasteiger partial charge in [0.2, 0.25) is 5.75 Å². The number of hydrogen-bond acceptors (Lipinski definition) is 6. The average molecular weight is 430 g/mol. The van der Waals surface area contributed by atoms with Gasteiger partial charge in [-0.2, -0.15) is 0 Å². The fourth-order valence-electron chi connectivity index (χ4n) is 4.29. The summed E-state index contributed by atoms with van der Waals surface area (Å²) in [4.78, 5) is 32.1. The normalized spacial score (nSPS) is 14.5. The number of rotatable bonds is 7. The predicted molar refractivity (Wildman–Crippen MR) is 118 cm³/mol. The summed E-state index contributed by atoms with van der Waals surface area (Å²) >= 11 is 0. The average Bonchev–Trinajstić information content (AvgIpc) is 3.07. The van der Waals surface area contributed by atoms with Gasteiger partial charge in [-0.1, -0.05) is 6.07 Å². The highest BCUT2D eigenvalue weighted by Crippen LogP contribution is 2.40. The number of aromatic nitrogens is 1. The molecular formula is C23H31N3O5. The Morgan fingerprint density at radius 3 is 2.13 bits per heavy atom. The number of carbonyl (C=O) groups excluding carboxylic acids is 2. The van der Waals surface area contributed by atoms with E-state index in [1.165, 1.54) is 6.92 Å². The Morgan fingerprint density at radius 1 is 0.968 bits per heavy atom. The number of nitrogens with one attached hydrogen (secondary N) is 1. The lowest BCUT2D eigenvalue weighted by atomic mass is 10.1. The van der Waals surface area contributed by atoms with Crippen LogP contribution in [0.15, 0.2) is 12.1 Å². The van der Waals surface area contributed by atoms with Gasteiger partial charge in [0.15, 0.2) is 17.3 Å². The van der Waals surface area contributed by atoms with Crippen LogP contribution in [0.25, 0.3) is 0 Å². The zero-order valence-corrected chi connectivity index (χ0v) is 19.1. The second kappa shape index (κ2) is 9.43. The fraction of sp³-hybridized carbons (Fsp3) is 0.478. The van der Waals surface area contributed by atoms with Crippen LogP contribution in [0.2, 0.25) is 0 Å². The standard InChI is InChI=1S/C23H31N3O5/c1-14-19(16(3)27)15(2)24-20(14)23(28)26-11-9-25(10-12-26)13-17-7-8-18(29-4)22(31-6)21(17)30-5/h7-8,24H,9-13H2,1-6H3. The van der Waals surface area contributed by atoms with Gasteiger partial charge < -0.3 is 24.1 Å². The number of Topliss-reactive ketones (excluding diaryl/α,β-unsaturated/α-hetero) is 1. The highest BCUT2D eigenvalue weighted by Gasteiger charge is 2.27. The van der Waals surface area contributed by atoms with Gasteiger partial charge in [-0.05, 0) is 32.4 Å². The lowest BCUT2D eigenvalue weighted by molar-refractivity contribution is 0.0621. The molecule has 1 fully saturated rings. The molecular weight excluding hydrogens is 398 g/mol. The minimum atomic E-state index is -0.0588. The third-order valence-corrected chi connectivity index (χ3v) is 5.84. The Morgan fingerprint density at radius 2 is 1.61 bits per heavy atom. The largest absolute Gasteiger partial charge is 0.493 e. The van der Waals surface area contributed by atoms with Crippen LogP contribution in [0.5, 0.6) is 17.2 Å². The Labute approximate surface area is 183 Å². The minimum Gasteiger partial charge on any atom is -0.493 e. The Kier molecular flexibility index (Phi) is 6.90. The monoisotopic (exact) mass is 429 g/mol. The molecule has 1 aliphatic rings. The van der Waals surface area contributed by atoms with Crippen molar-refractivity contribution in [3.63, 3.8) is 0 Å². The van der Waals surface area contributed by atoms with Crippen molar-refractivity contribution in [2.24, 2.45) is 0 Å². The molecule has 0 radical (unpaired) electrons. The molecule has 1 aromatic heterocycles. The van der Waals surface area contributed by atoms with E-state index in [-0.39, 0.29) is 11.7 Å². The van der Waals surface area contributed by atoms with Crippen LogP contribution in [0.1, 0.15) is 44.6 Å². The maximum Gasteiger partial charge on any atom is 0.270 e. The zero-order valence-electron chi connectivity index (χ0n) is 19.1. The van der Waals surface area contributed by atoms with Crippen LogP contribution in [0.3, 0.4) is 0 Å². The van der Waals surface area contributed by atoms with Gasteiger partial charge in [0.25, 0.3) is 5.91 Å². The fourth-order valence-corrected chi connectivity index (χ4v) is 4.29. The molecule has 2 heterocycles. The van der Waals surface area contributed by atoms with Crippen molar-refractivity contribution in [1.82, 2.24) is 14.8 Å². The predicted octanol–water partition coefficient (Wildman–Crippen LogP) is 2.82. The molecule has 0 aliphatic carbocycles. The van der Waals surface area contributed by atoms with E-state index in [0.29, 0.717) is 48.1 Å².